The lowest BCUT2D eigenvalue weighted by Gasteiger charge is -2.21. The average Bonchev–Trinajstić information content (AvgIpc) is 3.36. The SMILES string of the molecule is CCCCCCCCCC/C=C/CC/C=C/CC/C=C/C(O)C(CO)NC(=O)C(O)CCCCCCCCCCCCCCCCCC/C=C\C/C=C\CCCCCCCCCCCCCCCCC. The maximum absolute atomic E-state index is 12.6. The maximum Gasteiger partial charge on any atom is 0.249 e. The van der Waals surface area contributed by atoms with E-state index in [4.69, 9.17) is 0 Å². The highest BCUT2D eigenvalue weighted by molar-refractivity contribution is 5.80. The van der Waals surface area contributed by atoms with Gasteiger partial charge < -0.3 is 20.6 Å². The number of amides is 1. The normalized spacial score (nSPS) is 13.6. The predicted molar refractivity (Wildman–Crippen MR) is 310 cm³/mol. The quantitative estimate of drug-likeness (QED) is 0.0361. The molecule has 5 nitrogen and oxygen atoms in total. The Bertz CT molecular complexity index is 1170. The van der Waals surface area contributed by atoms with Crippen molar-refractivity contribution >= 4 is 5.91 Å². The van der Waals surface area contributed by atoms with Crippen molar-refractivity contribution in [2.24, 2.45) is 0 Å². The van der Waals surface area contributed by atoms with Crippen LogP contribution in [-0.4, -0.2) is 46.1 Å². The summed E-state index contributed by atoms with van der Waals surface area (Å²) in [6.45, 7) is 4.19. The zero-order valence-electron chi connectivity index (χ0n) is 46.9. The number of hydrogen-bond donors (Lipinski definition) is 4. The summed E-state index contributed by atoms with van der Waals surface area (Å²) in [4.78, 5) is 12.6. The topological polar surface area (TPSA) is 89.8 Å². The van der Waals surface area contributed by atoms with Crippen LogP contribution < -0.4 is 5.32 Å². The second-order valence-electron chi connectivity index (χ2n) is 21.2. The molecular formula is C65H121NO4. The van der Waals surface area contributed by atoms with E-state index < -0.39 is 24.2 Å². The van der Waals surface area contributed by atoms with Crippen LogP contribution in [0.3, 0.4) is 0 Å². The van der Waals surface area contributed by atoms with Crippen molar-refractivity contribution in [1.29, 1.82) is 0 Å². The minimum absolute atomic E-state index is 0.382. The van der Waals surface area contributed by atoms with E-state index >= 15 is 0 Å². The van der Waals surface area contributed by atoms with E-state index in [0.29, 0.717) is 6.42 Å². The number of aliphatic hydroxyl groups is 3. The number of carbonyl (C=O) groups is 1. The Balaban J connectivity index is 3.54. The Labute approximate surface area is 437 Å². The molecule has 0 bridgehead atoms. The van der Waals surface area contributed by atoms with Crippen molar-refractivity contribution in [3.8, 4) is 0 Å². The van der Waals surface area contributed by atoms with Gasteiger partial charge in [0.25, 0.3) is 0 Å². The molecule has 0 saturated carbocycles. The van der Waals surface area contributed by atoms with Gasteiger partial charge in [0.2, 0.25) is 5.91 Å². The molecule has 0 rings (SSSR count). The van der Waals surface area contributed by atoms with Crippen molar-refractivity contribution in [2.75, 3.05) is 6.61 Å². The summed E-state index contributed by atoms with van der Waals surface area (Å²) in [6.07, 6.45) is 81.9. The van der Waals surface area contributed by atoms with Crippen LogP contribution in [0, 0.1) is 0 Å². The van der Waals surface area contributed by atoms with Crippen LogP contribution >= 0.6 is 0 Å². The van der Waals surface area contributed by atoms with Crippen LogP contribution in [0.2, 0.25) is 0 Å². The summed E-state index contributed by atoms with van der Waals surface area (Å²) in [5.41, 5.74) is 0. The van der Waals surface area contributed by atoms with Gasteiger partial charge in [0.1, 0.15) is 6.10 Å². The fourth-order valence-electron chi connectivity index (χ4n) is 9.49. The standard InChI is InChI=1S/C65H121NO4/c1-3-5-7-9-11-13-15-17-19-21-23-24-25-26-27-28-29-30-31-32-33-34-35-36-37-38-39-40-41-42-44-46-48-50-52-54-56-58-60-64(69)65(70)66-62(61-67)63(68)59-57-55-53-51-49-47-45-43-22-20-18-16-14-12-10-8-6-4-2/h22,29-30,32-33,43,49,51,57,59,62-64,67-69H,3-21,23-28,31,34-42,44-48,50,52-56,58,60-61H2,1-2H3,(H,66,70)/b30-29-,33-32-,43-22+,51-49+,59-57+. The van der Waals surface area contributed by atoms with Crippen molar-refractivity contribution in [2.45, 2.75) is 340 Å². The highest BCUT2D eigenvalue weighted by Crippen LogP contribution is 2.17. The zero-order chi connectivity index (χ0) is 50.7. The number of hydrogen-bond acceptors (Lipinski definition) is 4. The second kappa shape index (κ2) is 59.6. The van der Waals surface area contributed by atoms with E-state index in [1.165, 1.54) is 250 Å². The molecule has 0 spiro atoms. The first kappa shape index (κ1) is 68.0. The Kier molecular flexibility index (Phi) is 58.0. The van der Waals surface area contributed by atoms with Crippen molar-refractivity contribution < 1.29 is 20.1 Å². The summed E-state index contributed by atoms with van der Waals surface area (Å²) < 4.78 is 0. The van der Waals surface area contributed by atoms with Gasteiger partial charge in [-0.3, -0.25) is 4.79 Å². The van der Waals surface area contributed by atoms with Crippen LogP contribution in [0.1, 0.15) is 322 Å². The van der Waals surface area contributed by atoms with Gasteiger partial charge in [-0.15, -0.1) is 0 Å². The lowest BCUT2D eigenvalue weighted by atomic mass is 10.0. The van der Waals surface area contributed by atoms with Crippen molar-refractivity contribution in [3.63, 3.8) is 0 Å². The number of carbonyl (C=O) groups excluding carboxylic acids is 1. The Hall–Kier alpha value is -1.95. The molecule has 0 aliphatic carbocycles. The van der Waals surface area contributed by atoms with Crippen LogP contribution in [0.15, 0.2) is 60.8 Å². The summed E-state index contributed by atoms with van der Waals surface area (Å²) in [5, 5.41) is 33.3. The van der Waals surface area contributed by atoms with E-state index in [2.05, 4.69) is 67.8 Å². The maximum atomic E-state index is 12.6. The number of aliphatic hydroxyl groups excluding tert-OH is 3. The lowest BCUT2D eigenvalue weighted by Crippen LogP contribution is -2.48. The largest absolute Gasteiger partial charge is 0.394 e. The van der Waals surface area contributed by atoms with Crippen LogP contribution in [-0.2, 0) is 4.79 Å². The van der Waals surface area contributed by atoms with Crippen LogP contribution in [0.5, 0.6) is 0 Å². The van der Waals surface area contributed by atoms with E-state index in [0.717, 1.165) is 51.4 Å². The number of unbranched alkanes of at least 4 members (excludes halogenated alkanes) is 41. The number of nitrogens with one attached hydrogen (secondary N) is 1. The van der Waals surface area contributed by atoms with E-state index in [1.807, 2.05) is 6.08 Å². The summed E-state index contributed by atoms with van der Waals surface area (Å²) >= 11 is 0. The van der Waals surface area contributed by atoms with Gasteiger partial charge in [0.05, 0.1) is 18.8 Å². The third-order valence-electron chi connectivity index (χ3n) is 14.3. The average molecular weight is 981 g/mol. The molecule has 3 unspecified atom stereocenters. The Morgan fingerprint density at radius 2 is 0.629 bits per heavy atom. The van der Waals surface area contributed by atoms with Gasteiger partial charge in [-0.05, 0) is 77.0 Å². The molecule has 5 heteroatoms. The highest BCUT2D eigenvalue weighted by Gasteiger charge is 2.22. The highest BCUT2D eigenvalue weighted by atomic mass is 16.3. The van der Waals surface area contributed by atoms with Gasteiger partial charge in [0.15, 0.2) is 0 Å². The molecule has 410 valence electrons. The van der Waals surface area contributed by atoms with Gasteiger partial charge in [-0.1, -0.05) is 306 Å². The molecule has 1 amide bonds. The molecule has 0 aromatic carbocycles. The fourth-order valence-corrected chi connectivity index (χ4v) is 9.49. The second-order valence-corrected chi connectivity index (χ2v) is 21.2. The molecule has 0 saturated heterocycles. The molecule has 0 aromatic heterocycles. The van der Waals surface area contributed by atoms with Crippen molar-refractivity contribution in [1.82, 2.24) is 5.32 Å². The molecular weight excluding hydrogens is 859 g/mol. The summed E-state index contributed by atoms with van der Waals surface area (Å²) in [5.74, 6) is -0.515. The Morgan fingerprint density at radius 3 is 0.957 bits per heavy atom. The lowest BCUT2D eigenvalue weighted by molar-refractivity contribution is -0.131. The number of allylic oxidation sites excluding steroid dienone is 9. The smallest absolute Gasteiger partial charge is 0.249 e. The van der Waals surface area contributed by atoms with Crippen LogP contribution in [0.4, 0.5) is 0 Å². The predicted octanol–water partition coefficient (Wildman–Crippen LogP) is 19.7. The van der Waals surface area contributed by atoms with Crippen LogP contribution in [0.25, 0.3) is 0 Å². The zero-order valence-corrected chi connectivity index (χ0v) is 46.9. The molecule has 0 fully saturated rings. The summed E-state index contributed by atoms with van der Waals surface area (Å²) in [7, 11) is 0. The van der Waals surface area contributed by atoms with Gasteiger partial charge in [0, 0.05) is 0 Å². The molecule has 4 N–H and O–H groups in total. The Morgan fingerprint density at radius 1 is 0.357 bits per heavy atom. The van der Waals surface area contributed by atoms with Gasteiger partial charge in [-0.2, -0.15) is 0 Å². The first-order chi connectivity index (χ1) is 34.6. The van der Waals surface area contributed by atoms with Crippen molar-refractivity contribution in [3.05, 3.63) is 60.8 Å². The summed E-state index contributed by atoms with van der Waals surface area (Å²) in [6, 6.07) is -0.823. The first-order valence-corrected chi connectivity index (χ1v) is 31.1. The monoisotopic (exact) mass is 980 g/mol. The molecule has 0 radical (unpaired) electrons. The first-order valence-electron chi connectivity index (χ1n) is 31.1. The minimum atomic E-state index is -1.11. The van der Waals surface area contributed by atoms with E-state index in [-0.39, 0.29) is 6.61 Å². The van der Waals surface area contributed by atoms with E-state index in [1.54, 1.807) is 6.08 Å². The fraction of sp³-hybridized carbons (Fsp3) is 0.831. The molecule has 70 heavy (non-hydrogen) atoms. The molecule has 0 heterocycles. The third-order valence-corrected chi connectivity index (χ3v) is 14.3. The van der Waals surface area contributed by atoms with Gasteiger partial charge in [-0.25, -0.2) is 0 Å². The minimum Gasteiger partial charge on any atom is -0.394 e. The third kappa shape index (κ3) is 53.8. The molecule has 0 aromatic rings. The molecule has 3 atom stereocenters. The van der Waals surface area contributed by atoms with Gasteiger partial charge >= 0.3 is 0 Å². The number of rotatable bonds is 57. The molecule has 0 aliphatic rings. The van der Waals surface area contributed by atoms with E-state index in [9.17, 15) is 20.1 Å². The molecule has 0 aliphatic heterocycles.